The van der Waals surface area contributed by atoms with Crippen molar-refractivity contribution in [2.45, 2.75) is 19.8 Å². The number of anilines is 1. The van der Waals surface area contributed by atoms with E-state index in [0.717, 1.165) is 43.4 Å². The maximum Gasteiger partial charge on any atom is 0.184 e. The van der Waals surface area contributed by atoms with Crippen LogP contribution in [-0.2, 0) is 0 Å². The first kappa shape index (κ1) is 14.8. The van der Waals surface area contributed by atoms with Crippen molar-refractivity contribution in [3.63, 3.8) is 0 Å². The van der Waals surface area contributed by atoms with Crippen LogP contribution in [0.25, 0.3) is 0 Å². The van der Waals surface area contributed by atoms with Gasteiger partial charge in [-0.15, -0.1) is 0 Å². The van der Waals surface area contributed by atoms with E-state index in [-0.39, 0.29) is 0 Å². The third-order valence-electron chi connectivity index (χ3n) is 4.13. The summed E-state index contributed by atoms with van der Waals surface area (Å²) in [5, 5.41) is 0.711. The quantitative estimate of drug-likeness (QED) is 0.853. The van der Waals surface area contributed by atoms with Crippen molar-refractivity contribution >= 4 is 17.3 Å². The van der Waals surface area contributed by atoms with Crippen molar-refractivity contribution in [2.24, 2.45) is 0 Å². The highest BCUT2D eigenvalue weighted by Crippen LogP contribution is 2.42. The van der Waals surface area contributed by atoms with E-state index in [9.17, 15) is 0 Å². The number of halogens is 1. The molecule has 0 spiro atoms. The van der Waals surface area contributed by atoms with Gasteiger partial charge in [-0.25, -0.2) is 0 Å². The van der Waals surface area contributed by atoms with Gasteiger partial charge in [0, 0.05) is 37.3 Å². The van der Waals surface area contributed by atoms with E-state index < -0.39 is 0 Å². The lowest BCUT2D eigenvalue weighted by Gasteiger charge is -2.37. The summed E-state index contributed by atoms with van der Waals surface area (Å²) in [6, 6.07) is 3.84. The van der Waals surface area contributed by atoms with Crippen LogP contribution in [0.2, 0.25) is 5.02 Å². The van der Waals surface area contributed by atoms with Gasteiger partial charge in [0.2, 0.25) is 0 Å². The van der Waals surface area contributed by atoms with Crippen LogP contribution >= 0.6 is 11.6 Å². The fraction of sp³-hybridized carbons (Fsp3) is 0.625. The Morgan fingerprint density at radius 3 is 2.62 bits per heavy atom. The molecule has 1 aromatic carbocycles. The van der Waals surface area contributed by atoms with Crippen LogP contribution in [0.3, 0.4) is 0 Å². The van der Waals surface area contributed by atoms with Gasteiger partial charge in [0.1, 0.15) is 13.2 Å². The predicted octanol–water partition coefficient (Wildman–Crippen LogP) is 3.03. The molecule has 4 nitrogen and oxygen atoms in total. The molecule has 0 bridgehead atoms. The molecule has 0 N–H and O–H groups in total. The van der Waals surface area contributed by atoms with Crippen molar-refractivity contribution in [1.82, 2.24) is 4.90 Å². The molecule has 0 amide bonds. The first-order valence-corrected chi connectivity index (χ1v) is 8.22. The Morgan fingerprint density at radius 1 is 1.10 bits per heavy atom. The van der Waals surface area contributed by atoms with Crippen LogP contribution in [0.1, 0.15) is 19.8 Å². The molecule has 0 atom stereocenters. The van der Waals surface area contributed by atoms with E-state index in [4.69, 9.17) is 21.1 Å². The molecule has 21 heavy (non-hydrogen) atoms. The topological polar surface area (TPSA) is 24.9 Å². The van der Waals surface area contributed by atoms with Gasteiger partial charge in [0.15, 0.2) is 11.5 Å². The molecule has 1 aromatic rings. The highest BCUT2D eigenvalue weighted by molar-refractivity contribution is 6.31. The summed E-state index contributed by atoms with van der Waals surface area (Å²) < 4.78 is 11.5. The molecule has 3 rings (SSSR count). The number of piperazine rings is 1. The molecule has 2 aliphatic heterocycles. The Hall–Kier alpha value is -1.13. The van der Waals surface area contributed by atoms with Gasteiger partial charge in [-0.05, 0) is 19.0 Å². The lowest BCUT2D eigenvalue weighted by Crippen LogP contribution is -2.46. The number of ether oxygens (including phenoxy) is 2. The average Bonchev–Trinajstić information content (AvgIpc) is 2.52. The summed E-state index contributed by atoms with van der Waals surface area (Å²) in [4.78, 5) is 4.90. The zero-order valence-electron chi connectivity index (χ0n) is 12.6. The first-order chi connectivity index (χ1) is 10.3. The second-order valence-corrected chi connectivity index (χ2v) is 6.07. The molecule has 0 radical (unpaired) electrons. The molecule has 2 heterocycles. The van der Waals surface area contributed by atoms with Crippen molar-refractivity contribution < 1.29 is 9.47 Å². The lowest BCUT2D eigenvalue weighted by molar-refractivity contribution is 0.171. The van der Waals surface area contributed by atoms with Gasteiger partial charge in [-0.2, -0.15) is 0 Å². The van der Waals surface area contributed by atoms with Crippen molar-refractivity contribution in [1.29, 1.82) is 0 Å². The molecule has 0 aliphatic carbocycles. The molecule has 0 saturated carbocycles. The molecule has 0 aromatic heterocycles. The zero-order chi connectivity index (χ0) is 14.7. The Kier molecular flexibility index (Phi) is 4.76. The minimum Gasteiger partial charge on any atom is -0.486 e. The van der Waals surface area contributed by atoms with Crippen LogP contribution in [0, 0.1) is 0 Å². The lowest BCUT2D eigenvalue weighted by atomic mass is 10.2. The van der Waals surface area contributed by atoms with Gasteiger partial charge < -0.3 is 14.4 Å². The maximum absolute atomic E-state index is 6.23. The van der Waals surface area contributed by atoms with E-state index in [2.05, 4.69) is 16.7 Å². The van der Waals surface area contributed by atoms with Gasteiger partial charge in [0.05, 0.1) is 5.69 Å². The summed E-state index contributed by atoms with van der Waals surface area (Å²) in [6.07, 6.45) is 2.54. The molecular weight excluding hydrogens is 288 g/mol. The number of benzene rings is 1. The Labute approximate surface area is 131 Å². The normalized spacial score (nSPS) is 18.9. The van der Waals surface area contributed by atoms with Crippen molar-refractivity contribution in [3.05, 3.63) is 17.2 Å². The summed E-state index contributed by atoms with van der Waals surface area (Å²) in [6.45, 7) is 8.88. The first-order valence-electron chi connectivity index (χ1n) is 7.84. The smallest absolute Gasteiger partial charge is 0.184 e. The SMILES string of the molecule is CCCCN1CCN(c2cc(Cl)cc3c2OCCO3)CC1. The van der Waals surface area contributed by atoms with Crippen LogP contribution in [0.4, 0.5) is 5.69 Å². The van der Waals surface area contributed by atoms with Crippen LogP contribution in [-0.4, -0.2) is 50.8 Å². The van der Waals surface area contributed by atoms with Crippen molar-refractivity contribution in [3.8, 4) is 11.5 Å². The van der Waals surface area contributed by atoms with E-state index in [1.165, 1.54) is 19.4 Å². The number of hydrogen-bond donors (Lipinski definition) is 0. The van der Waals surface area contributed by atoms with Gasteiger partial charge in [-0.3, -0.25) is 4.90 Å². The molecule has 116 valence electrons. The van der Waals surface area contributed by atoms with E-state index >= 15 is 0 Å². The molecule has 0 unspecified atom stereocenters. The van der Waals surface area contributed by atoms with Crippen LogP contribution < -0.4 is 14.4 Å². The minimum absolute atomic E-state index is 0.595. The number of hydrogen-bond acceptors (Lipinski definition) is 4. The Bertz CT molecular complexity index is 487. The summed E-state index contributed by atoms with van der Waals surface area (Å²) >= 11 is 6.23. The Morgan fingerprint density at radius 2 is 1.86 bits per heavy atom. The van der Waals surface area contributed by atoms with E-state index in [1.54, 1.807) is 0 Å². The fourth-order valence-corrected chi connectivity index (χ4v) is 3.13. The molecular formula is C16H23ClN2O2. The molecule has 1 saturated heterocycles. The van der Waals surface area contributed by atoms with Gasteiger partial charge in [0.25, 0.3) is 0 Å². The van der Waals surface area contributed by atoms with Crippen LogP contribution in [0.15, 0.2) is 12.1 Å². The second-order valence-electron chi connectivity index (χ2n) is 5.63. The number of unbranched alkanes of at least 4 members (excludes halogenated alkanes) is 1. The second kappa shape index (κ2) is 6.75. The predicted molar refractivity (Wildman–Crippen MR) is 86.0 cm³/mol. The fourth-order valence-electron chi connectivity index (χ4n) is 2.93. The van der Waals surface area contributed by atoms with Gasteiger partial charge in [-0.1, -0.05) is 24.9 Å². The zero-order valence-corrected chi connectivity index (χ0v) is 13.4. The monoisotopic (exact) mass is 310 g/mol. The van der Waals surface area contributed by atoms with E-state index in [0.29, 0.717) is 18.2 Å². The highest BCUT2D eigenvalue weighted by atomic mass is 35.5. The van der Waals surface area contributed by atoms with Gasteiger partial charge >= 0.3 is 0 Å². The number of nitrogens with zero attached hydrogens (tertiary/aromatic N) is 2. The Balaban J connectivity index is 1.72. The maximum atomic E-state index is 6.23. The van der Waals surface area contributed by atoms with Crippen LogP contribution in [0.5, 0.6) is 11.5 Å². The average molecular weight is 311 g/mol. The summed E-state index contributed by atoms with van der Waals surface area (Å²) in [7, 11) is 0. The van der Waals surface area contributed by atoms with E-state index in [1.807, 2.05) is 12.1 Å². The summed E-state index contributed by atoms with van der Waals surface area (Å²) in [5.74, 6) is 1.63. The molecule has 2 aliphatic rings. The summed E-state index contributed by atoms with van der Waals surface area (Å²) in [5.41, 5.74) is 1.08. The third kappa shape index (κ3) is 3.38. The number of fused-ring (bicyclic) bond motifs is 1. The molecule has 5 heteroatoms. The minimum atomic E-state index is 0.595. The number of rotatable bonds is 4. The molecule has 1 fully saturated rings. The third-order valence-corrected chi connectivity index (χ3v) is 4.35. The highest BCUT2D eigenvalue weighted by Gasteiger charge is 2.24. The van der Waals surface area contributed by atoms with Crippen molar-refractivity contribution in [2.75, 3.05) is 50.8 Å². The largest absolute Gasteiger partial charge is 0.486 e. The standard InChI is InChI=1S/C16H23ClN2O2/c1-2-3-4-18-5-7-19(8-6-18)14-11-13(17)12-15-16(14)21-10-9-20-15/h11-12H,2-10H2,1H3.